The third kappa shape index (κ3) is 2.94. The highest BCUT2D eigenvalue weighted by molar-refractivity contribution is 7.99. The molecule has 0 aliphatic rings. The maximum Gasteiger partial charge on any atom is 0.145 e. The summed E-state index contributed by atoms with van der Waals surface area (Å²) in [5.41, 5.74) is 0. The molecular formula is C9H12Cl2N2S. The average Bonchev–Trinajstić information content (AvgIpc) is 2.09. The summed E-state index contributed by atoms with van der Waals surface area (Å²) in [5, 5.41) is 5.34. The van der Waals surface area contributed by atoms with E-state index in [1.165, 1.54) is 0 Å². The topological polar surface area (TPSA) is 24.9 Å². The van der Waals surface area contributed by atoms with Crippen molar-refractivity contribution >= 4 is 40.8 Å². The number of anilines is 1. The summed E-state index contributed by atoms with van der Waals surface area (Å²) in [4.78, 5) is 4.32. The lowest BCUT2D eigenvalue weighted by Crippen LogP contribution is -1.97. The van der Waals surface area contributed by atoms with Gasteiger partial charge in [-0.3, -0.25) is 0 Å². The molecule has 0 saturated heterocycles. The molecule has 0 aliphatic heterocycles. The van der Waals surface area contributed by atoms with Gasteiger partial charge in [-0.25, -0.2) is 4.98 Å². The second-order valence-electron chi connectivity index (χ2n) is 3.02. The van der Waals surface area contributed by atoms with Crippen LogP contribution in [0.5, 0.6) is 0 Å². The van der Waals surface area contributed by atoms with Crippen LogP contribution in [-0.2, 0) is 0 Å². The molecule has 0 spiro atoms. The summed E-state index contributed by atoms with van der Waals surface area (Å²) in [7, 11) is 1.78. The fourth-order valence-corrected chi connectivity index (χ4v) is 2.28. The molecule has 0 atom stereocenters. The number of halogens is 2. The number of hydrogen-bond acceptors (Lipinski definition) is 3. The van der Waals surface area contributed by atoms with Crippen LogP contribution in [0.2, 0.25) is 10.0 Å². The number of nitrogens with zero attached hydrogens (tertiary/aromatic N) is 1. The summed E-state index contributed by atoms with van der Waals surface area (Å²) in [6.45, 7) is 4.19. The minimum atomic E-state index is 0.450. The summed E-state index contributed by atoms with van der Waals surface area (Å²) >= 11 is 13.5. The molecule has 1 aromatic heterocycles. The standard InChI is InChI=1S/C9H12Cl2N2S/c1-5(2)14-9-7(11)4-6(10)8(12-3)13-9/h4-5H,1-3H3,(H,12,13). The molecule has 0 aliphatic carbocycles. The van der Waals surface area contributed by atoms with Crippen LogP contribution in [0, 0.1) is 0 Å². The first-order chi connectivity index (χ1) is 6.54. The predicted octanol–water partition coefficient (Wildman–Crippen LogP) is 3.93. The van der Waals surface area contributed by atoms with Gasteiger partial charge in [0.05, 0.1) is 10.0 Å². The highest BCUT2D eigenvalue weighted by Crippen LogP contribution is 2.33. The quantitative estimate of drug-likeness (QED) is 0.824. The molecule has 1 aromatic rings. The minimum Gasteiger partial charge on any atom is -0.372 e. The molecule has 0 amide bonds. The molecule has 0 aromatic carbocycles. The van der Waals surface area contributed by atoms with Crippen LogP contribution in [0.15, 0.2) is 11.1 Å². The molecule has 0 fully saturated rings. The average molecular weight is 251 g/mol. The van der Waals surface area contributed by atoms with E-state index >= 15 is 0 Å². The molecule has 0 bridgehead atoms. The van der Waals surface area contributed by atoms with E-state index in [9.17, 15) is 0 Å². The first kappa shape index (κ1) is 12.0. The fourth-order valence-electron chi connectivity index (χ4n) is 0.931. The van der Waals surface area contributed by atoms with Gasteiger partial charge in [-0.2, -0.15) is 0 Å². The number of thioether (sulfide) groups is 1. The molecule has 2 nitrogen and oxygen atoms in total. The minimum absolute atomic E-state index is 0.450. The molecule has 78 valence electrons. The van der Waals surface area contributed by atoms with Gasteiger partial charge in [0.2, 0.25) is 0 Å². The molecule has 0 saturated carbocycles. The van der Waals surface area contributed by atoms with Crippen molar-refractivity contribution < 1.29 is 0 Å². The van der Waals surface area contributed by atoms with Crippen LogP contribution >= 0.6 is 35.0 Å². The van der Waals surface area contributed by atoms with Crippen molar-refractivity contribution in [3.63, 3.8) is 0 Å². The SMILES string of the molecule is CNc1nc(SC(C)C)c(Cl)cc1Cl. The highest BCUT2D eigenvalue weighted by Gasteiger charge is 2.10. The molecule has 1 rings (SSSR count). The fraction of sp³-hybridized carbons (Fsp3) is 0.444. The molecule has 14 heavy (non-hydrogen) atoms. The Bertz CT molecular complexity index is 329. The maximum absolute atomic E-state index is 6.01. The maximum atomic E-state index is 6.01. The second-order valence-corrected chi connectivity index (χ2v) is 5.40. The molecular weight excluding hydrogens is 239 g/mol. The summed E-state index contributed by atoms with van der Waals surface area (Å²) in [5.74, 6) is 0.666. The Morgan fingerprint density at radius 2 is 2.00 bits per heavy atom. The lowest BCUT2D eigenvalue weighted by atomic mass is 10.4. The largest absolute Gasteiger partial charge is 0.372 e. The van der Waals surface area contributed by atoms with E-state index in [4.69, 9.17) is 23.2 Å². The first-order valence-electron chi connectivity index (χ1n) is 4.25. The second kappa shape index (κ2) is 5.10. The van der Waals surface area contributed by atoms with Gasteiger partial charge in [0.15, 0.2) is 0 Å². The molecule has 1 N–H and O–H groups in total. The Labute approximate surface area is 98.4 Å². The zero-order valence-corrected chi connectivity index (χ0v) is 10.6. The van der Waals surface area contributed by atoms with Gasteiger partial charge in [-0.1, -0.05) is 37.0 Å². The number of hydrogen-bond donors (Lipinski definition) is 1. The van der Waals surface area contributed by atoms with Crippen LogP contribution < -0.4 is 5.32 Å². The van der Waals surface area contributed by atoms with Crippen molar-refractivity contribution in [2.24, 2.45) is 0 Å². The molecule has 5 heteroatoms. The molecule has 1 heterocycles. The zero-order valence-electron chi connectivity index (χ0n) is 8.27. The van der Waals surface area contributed by atoms with E-state index < -0.39 is 0 Å². The van der Waals surface area contributed by atoms with Crippen molar-refractivity contribution in [2.75, 3.05) is 12.4 Å². The Hall–Kier alpha value is -0.120. The van der Waals surface area contributed by atoms with E-state index in [1.807, 2.05) is 0 Å². The summed E-state index contributed by atoms with van der Waals surface area (Å²) in [6.07, 6.45) is 0. The predicted molar refractivity (Wildman–Crippen MR) is 64.8 cm³/mol. The van der Waals surface area contributed by atoms with Crippen LogP contribution in [0.1, 0.15) is 13.8 Å². The Morgan fingerprint density at radius 1 is 1.36 bits per heavy atom. The van der Waals surface area contributed by atoms with E-state index in [2.05, 4.69) is 24.1 Å². The zero-order chi connectivity index (χ0) is 10.7. The summed E-state index contributed by atoms with van der Waals surface area (Å²) < 4.78 is 0. The molecule has 0 unspecified atom stereocenters. The normalized spacial score (nSPS) is 10.7. The van der Waals surface area contributed by atoms with E-state index in [0.717, 1.165) is 5.03 Å². The van der Waals surface area contributed by atoms with Gasteiger partial charge in [-0.05, 0) is 6.07 Å². The van der Waals surface area contributed by atoms with Crippen LogP contribution in [0.3, 0.4) is 0 Å². The van der Waals surface area contributed by atoms with Crippen molar-refractivity contribution in [3.8, 4) is 0 Å². The van der Waals surface area contributed by atoms with Gasteiger partial charge in [0.25, 0.3) is 0 Å². The number of rotatable bonds is 3. The van der Waals surface area contributed by atoms with Crippen LogP contribution in [-0.4, -0.2) is 17.3 Å². The number of pyridine rings is 1. The third-order valence-electron chi connectivity index (χ3n) is 1.48. The summed E-state index contributed by atoms with van der Waals surface area (Å²) in [6, 6.07) is 1.71. The van der Waals surface area contributed by atoms with Gasteiger partial charge in [0, 0.05) is 12.3 Å². The Kier molecular flexibility index (Phi) is 4.35. The Morgan fingerprint density at radius 3 is 2.50 bits per heavy atom. The van der Waals surface area contributed by atoms with E-state index in [-0.39, 0.29) is 0 Å². The van der Waals surface area contributed by atoms with Gasteiger partial charge in [0.1, 0.15) is 10.8 Å². The van der Waals surface area contributed by atoms with Crippen LogP contribution in [0.4, 0.5) is 5.82 Å². The monoisotopic (exact) mass is 250 g/mol. The Balaban J connectivity index is 3.04. The number of nitrogens with one attached hydrogen (secondary N) is 1. The van der Waals surface area contributed by atoms with Gasteiger partial charge >= 0.3 is 0 Å². The van der Waals surface area contributed by atoms with Crippen molar-refractivity contribution in [1.29, 1.82) is 0 Å². The molecule has 0 radical (unpaired) electrons. The first-order valence-corrected chi connectivity index (χ1v) is 5.88. The number of aromatic nitrogens is 1. The lowest BCUT2D eigenvalue weighted by Gasteiger charge is -2.09. The van der Waals surface area contributed by atoms with E-state index in [0.29, 0.717) is 21.1 Å². The van der Waals surface area contributed by atoms with Crippen LogP contribution in [0.25, 0.3) is 0 Å². The van der Waals surface area contributed by atoms with Gasteiger partial charge in [-0.15, -0.1) is 11.8 Å². The van der Waals surface area contributed by atoms with Crippen molar-refractivity contribution in [3.05, 3.63) is 16.1 Å². The highest BCUT2D eigenvalue weighted by atomic mass is 35.5. The van der Waals surface area contributed by atoms with E-state index in [1.54, 1.807) is 24.9 Å². The van der Waals surface area contributed by atoms with Crippen molar-refractivity contribution in [2.45, 2.75) is 24.1 Å². The smallest absolute Gasteiger partial charge is 0.145 e. The van der Waals surface area contributed by atoms with Crippen molar-refractivity contribution in [1.82, 2.24) is 4.98 Å². The lowest BCUT2D eigenvalue weighted by molar-refractivity contribution is 1.07. The van der Waals surface area contributed by atoms with Gasteiger partial charge < -0.3 is 5.32 Å². The third-order valence-corrected chi connectivity index (χ3v) is 3.18.